The highest BCUT2D eigenvalue weighted by Gasteiger charge is 1.95. The van der Waals surface area contributed by atoms with Crippen molar-refractivity contribution in [3.05, 3.63) is 41.8 Å². The summed E-state index contributed by atoms with van der Waals surface area (Å²) in [4.78, 5) is 4.09. The first kappa shape index (κ1) is 7.31. The zero-order chi connectivity index (χ0) is 8.39. The molecule has 4 heteroatoms. The van der Waals surface area contributed by atoms with Crippen molar-refractivity contribution < 1.29 is 0 Å². The molecule has 0 aromatic carbocycles. The average molecular weight is 180 g/mol. The fourth-order valence-corrected chi connectivity index (χ4v) is 1.02. The molecule has 0 bridgehead atoms. The van der Waals surface area contributed by atoms with Crippen LogP contribution >= 0.6 is 11.6 Å². The average Bonchev–Trinajstić information content (AvgIpc) is 2.58. The van der Waals surface area contributed by atoms with Gasteiger partial charge in [0, 0.05) is 18.6 Å². The van der Waals surface area contributed by atoms with Gasteiger partial charge in [0.05, 0.1) is 5.02 Å². The van der Waals surface area contributed by atoms with Crippen LogP contribution < -0.4 is 0 Å². The Morgan fingerprint density at radius 2 is 2.25 bits per heavy atom. The van der Waals surface area contributed by atoms with E-state index < -0.39 is 0 Å². The van der Waals surface area contributed by atoms with Gasteiger partial charge in [-0.25, -0.2) is 9.67 Å². The van der Waals surface area contributed by atoms with Crippen molar-refractivity contribution in [3.63, 3.8) is 0 Å². The molecule has 0 saturated heterocycles. The number of aromatic nitrogens is 3. The molecule has 2 rings (SSSR count). The fourth-order valence-electron chi connectivity index (χ4n) is 0.908. The van der Waals surface area contributed by atoms with Crippen molar-refractivity contribution >= 4 is 11.6 Å². The predicted octanol–water partition coefficient (Wildman–Crippen LogP) is 1.92. The Kier molecular flexibility index (Phi) is 1.80. The van der Waals surface area contributed by atoms with Gasteiger partial charge in [-0.05, 0) is 18.2 Å². The molecule has 0 radical (unpaired) electrons. The first-order chi connectivity index (χ1) is 5.86. The molecule has 3 nitrogen and oxygen atoms in total. The maximum Gasteiger partial charge on any atom is 0.153 e. The molecule has 0 aliphatic heterocycles. The van der Waals surface area contributed by atoms with E-state index in [0.29, 0.717) is 5.02 Å². The molecule has 0 fully saturated rings. The highest BCUT2D eigenvalue weighted by atomic mass is 35.5. The number of hydrogen-bond acceptors (Lipinski definition) is 2. The smallest absolute Gasteiger partial charge is 0.153 e. The lowest BCUT2D eigenvalue weighted by molar-refractivity contribution is 0.847. The summed E-state index contributed by atoms with van der Waals surface area (Å²) in [6, 6.07) is 5.44. The second kappa shape index (κ2) is 2.95. The van der Waals surface area contributed by atoms with Crippen LogP contribution in [0.1, 0.15) is 0 Å². The molecule has 0 saturated carbocycles. The summed E-state index contributed by atoms with van der Waals surface area (Å²) < 4.78 is 1.68. The number of nitrogens with zero attached hydrogens (tertiary/aromatic N) is 3. The number of halogens is 1. The normalized spacial score (nSPS) is 10.1. The van der Waals surface area contributed by atoms with Crippen LogP contribution in [0.25, 0.3) is 5.82 Å². The molecule has 0 aliphatic rings. The van der Waals surface area contributed by atoms with E-state index in [4.69, 9.17) is 11.6 Å². The third-order valence-corrected chi connectivity index (χ3v) is 1.67. The second-order valence-electron chi connectivity index (χ2n) is 2.29. The van der Waals surface area contributed by atoms with E-state index in [1.807, 2.05) is 18.3 Å². The third-order valence-electron chi connectivity index (χ3n) is 1.45. The lowest BCUT2D eigenvalue weighted by atomic mass is 10.5. The van der Waals surface area contributed by atoms with Crippen molar-refractivity contribution in [3.8, 4) is 5.82 Å². The zero-order valence-electron chi connectivity index (χ0n) is 6.18. The Balaban J connectivity index is 2.43. The Bertz CT molecular complexity index is 352. The van der Waals surface area contributed by atoms with Crippen LogP contribution in [0.5, 0.6) is 0 Å². The molecule has 0 spiro atoms. The van der Waals surface area contributed by atoms with Gasteiger partial charge < -0.3 is 0 Å². The quantitative estimate of drug-likeness (QED) is 0.670. The van der Waals surface area contributed by atoms with Crippen LogP contribution in [0.3, 0.4) is 0 Å². The van der Waals surface area contributed by atoms with Crippen LogP contribution in [0.2, 0.25) is 5.02 Å². The summed E-state index contributed by atoms with van der Waals surface area (Å²) in [5, 5.41) is 4.66. The minimum absolute atomic E-state index is 0.630. The summed E-state index contributed by atoms with van der Waals surface area (Å²) in [7, 11) is 0. The lowest BCUT2D eigenvalue weighted by Crippen LogP contribution is -1.96. The van der Waals surface area contributed by atoms with E-state index in [2.05, 4.69) is 10.1 Å². The molecule has 0 amide bonds. The Hall–Kier alpha value is -1.35. The first-order valence-electron chi connectivity index (χ1n) is 3.48. The molecule has 0 unspecified atom stereocenters. The van der Waals surface area contributed by atoms with Gasteiger partial charge in [-0.3, -0.25) is 0 Å². The van der Waals surface area contributed by atoms with Gasteiger partial charge in [-0.2, -0.15) is 5.10 Å². The molecular formula is C8H6ClN3. The van der Waals surface area contributed by atoms with Crippen LogP contribution in [0.15, 0.2) is 36.8 Å². The minimum atomic E-state index is 0.630. The van der Waals surface area contributed by atoms with E-state index >= 15 is 0 Å². The van der Waals surface area contributed by atoms with Crippen LogP contribution in [-0.2, 0) is 0 Å². The van der Waals surface area contributed by atoms with Crippen LogP contribution in [0.4, 0.5) is 0 Å². The highest BCUT2D eigenvalue weighted by Crippen LogP contribution is 2.08. The molecular weight excluding hydrogens is 174 g/mol. The second-order valence-corrected chi connectivity index (χ2v) is 2.72. The summed E-state index contributed by atoms with van der Waals surface area (Å²) in [5.74, 6) is 0.768. The Morgan fingerprint density at radius 1 is 1.33 bits per heavy atom. The van der Waals surface area contributed by atoms with Crippen molar-refractivity contribution in [1.82, 2.24) is 14.8 Å². The van der Waals surface area contributed by atoms with E-state index in [1.165, 1.54) is 0 Å². The molecule has 0 N–H and O–H groups in total. The monoisotopic (exact) mass is 179 g/mol. The summed E-state index contributed by atoms with van der Waals surface area (Å²) >= 11 is 5.68. The first-order valence-corrected chi connectivity index (χ1v) is 3.85. The van der Waals surface area contributed by atoms with Gasteiger partial charge >= 0.3 is 0 Å². The predicted molar refractivity (Wildman–Crippen MR) is 46.4 cm³/mol. The van der Waals surface area contributed by atoms with Gasteiger partial charge in [0.25, 0.3) is 0 Å². The van der Waals surface area contributed by atoms with Crippen molar-refractivity contribution in [2.24, 2.45) is 0 Å². The van der Waals surface area contributed by atoms with E-state index in [1.54, 1.807) is 23.1 Å². The number of hydrogen-bond donors (Lipinski definition) is 0. The molecule has 60 valence electrons. The van der Waals surface area contributed by atoms with Crippen molar-refractivity contribution in [2.45, 2.75) is 0 Å². The Labute approximate surface area is 74.6 Å². The number of rotatable bonds is 1. The standard InChI is InChI=1S/C8H6ClN3/c9-7-2-3-8(10-6-7)12-5-1-4-11-12/h1-6H. The zero-order valence-corrected chi connectivity index (χ0v) is 6.94. The topological polar surface area (TPSA) is 30.7 Å². The maximum atomic E-state index is 5.68. The summed E-state index contributed by atoms with van der Waals surface area (Å²) in [6.07, 6.45) is 5.13. The summed E-state index contributed by atoms with van der Waals surface area (Å²) in [6.45, 7) is 0. The largest absolute Gasteiger partial charge is 0.236 e. The molecule has 0 aliphatic carbocycles. The third kappa shape index (κ3) is 1.31. The fraction of sp³-hybridized carbons (Fsp3) is 0. The van der Waals surface area contributed by atoms with Gasteiger partial charge in [0.1, 0.15) is 0 Å². The molecule has 2 heterocycles. The maximum absolute atomic E-state index is 5.68. The molecule has 2 aromatic heterocycles. The van der Waals surface area contributed by atoms with Gasteiger partial charge in [0.2, 0.25) is 0 Å². The van der Waals surface area contributed by atoms with Gasteiger partial charge in [-0.15, -0.1) is 0 Å². The van der Waals surface area contributed by atoms with Crippen LogP contribution in [0, 0.1) is 0 Å². The van der Waals surface area contributed by atoms with E-state index in [0.717, 1.165) is 5.82 Å². The lowest BCUT2D eigenvalue weighted by Gasteiger charge is -1.98. The summed E-state index contributed by atoms with van der Waals surface area (Å²) in [5.41, 5.74) is 0. The van der Waals surface area contributed by atoms with E-state index in [9.17, 15) is 0 Å². The van der Waals surface area contributed by atoms with E-state index in [-0.39, 0.29) is 0 Å². The van der Waals surface area contributed by atoms with Gasteiger partial charge in [-0.1, -0.05) is 11.6 Å². The molecule has 0 atom stereocenters. The highest BCUT2D eigenvalue weighted by molar-refractivity contribution is 6.30. The van der Waals surface area contributed by atoms with Crippen molar-refractivity contribution in [1.29, 1.82) is 0 Å². The van der Waals surface area contributed by atoms with Crippen LogP contribution in [-0.4, -0.2) is 14.8 Å². The molecule has 2 aromatic rings. The molecule has 12 heavy (non-hydrogen) atoms. The number of pyridine rings is 1. The van der Waals surface area contributed by atoms with Crippen molar-refractivity contribution in [2.75, 3.05) is 0 Å². The Morgan fingerprint density at radius 3 is 2.83 bits per heavy atom. The SMILES string of the molecule is Clc1ccc(-n2cccn2)nc1. The minimum Gasteiger partial charge on any atom is -0.236 e. The van der Waals surface area contributed by atoms with Gasteiger partial charge in [0.15, 0.2) is 5.82 Å².